The highest BCUT2D eigenvalue weighted by Gasteiger charge is 2.16. The highest BCUT2D eigenvalue weighted by Crippen LogP contribution is 2.19. The molecule has 0 fully saturated rings. The van der Waals surface area contributed by atoms with Crippen molar-refractivity contribution in [3.8, 4) is 0 Å². The maximum absolute atomic E-state index is 4.49. The lowest BCUT2D eigenvalue weighted by Gasteiger charge is -2.20. The smallest absolute Gasteiger partial charge is 0.125 e. The Bertz CT molecular complexity index is 291. The van der Waals surface area contributed by atoms with E-state index >= 15 is 0 Å². The van der Waals surface area contributed by atoms with E-state index in [9.17, 15) is 0 Å². The molecular formula is C13H25N3. The van der Waals surface area contributed by atoms with Gasteiger partial charge in [-0.15, -0.1) is 0 Å². The maximum Gasteiger partial charge on any atom is 0.125 e. The number of rotatable bonds is 7. The Kier molecular flexibility index (Phi) is 5.53. The van der Waals surface area contributed by atoms with Gasteiger partial charge in [0.05, 0.1) is 6.04 Å². The van der Waals surface area contributed by atoms with Crippen LogP contribution in [-0.2, 0) is 6.54 Å². The molecule has 16 heavy (non-hydrogen) atoms. The van der Waals surface area contributed by atoms with Crippen molar-refractivity contribution in [2.45, 2.75) is 53.1 Å². The summed E-state index contributed by atoms with van der Waals surface area (Å²) < 4.78 is 2.23. The molecule has 0 bridgehead atoms. The first-order valence-electron chi connectivity index (χ1n) is 6.43. The first kappa shape index (κ1) is 13.2. The van der Waals surface area contributed by atoms with Gasteiger partial charge in [-0.2, -0.15) is 0 Å². The van der Waals surface area contributed by atoms with E-state index in [1.54, 1.807) is 0 Å². The van der Waals surface area contributed by atoms with Crippen LogP contribution in [0.4, 0.5) is 0 Å². The third-order valence-corrected chi connectivity index (χ3v) is 2.75. The molecule has 1 unspecified atom stereocenters. The Morgan fingerprint density at radius 3 is 2.69 bits per heavy atom. The summed E-state index contributed by atoms with van der Waals surface area (Å²) in [7, 11) is 0. The predicted octanol–water partition coefficient (Wildman–Crippen LogP) is 2.99. The molecule has 0 saturated carbocycles. The molecule has 1 aromatic rings. The van der Waals surface area contributed by atoms with Crippen LogP contribution in [0.3, 0.4) is 0 Å². The van der Waals surface area contributed by atoms with Gasteiger partial charge in [-0.05, 0) is 32.2 Å². The average Bonchev–Trinajstić information content (AvgIpc) is 2.71. The van der Waals surface area contributed by atoms with Gasteiger partial charge in [-0.25, -0.2) is 4.98 Å². The Labute approximate surface area is 99.3 Å². The summed E-state index contributed by atoms with van der Waals surface area (Å²) in [5.41, 5.74) is 0. The SMILES string of the molecule is CCCNC(CC(C)C)c1nccn1CC. The van der Waals surface area contributed by atoms with Crippen molar-refractivity contribution in [3.05, 3.63) is 18.2 Å². The van der Waals surface area contributed by atoms with Crippen molar-refractivity contribution in [2.24, 2.45) is 5.92 Å². The van der Waals surface area contributed by atoms with E-state index in [1.807, 2.05) is 6.20 Å². The van der Waals surface area contributed by atoms with Gasteiger partial charge in [-0.3, -0.25) is 0 Å². The third-order valence-electron chi connectivity index (χ3n) is 2.75. The summed E-state index contributed by atoms with van der Waals surface area (Å²) >= 11 is 0. The van der Waals surface area contributed by atoms with E-state index in [0.717, 1.165) is 19.5 Å². The molecule has 0 aliphatic carbocycles. The second-order valence-electron chi connectivity index (χ2n) is 4.71. The van der Waals surface area contributed by atoms with Gasteiger partial charge in [0.2, 0.25) is 0 Å². The van der Waals surface area contributed by atoms with Crippen LogP contribution in [0.15, 0.2) is 12.4 Å². The fraction of sp³-hybridized carbons (Fsp3) is 0.769. The summed E-state index contributed by atoms with van der Waals surface area (Å²) in [6, 6.07) is 0.398. The van der Waals surface area contributed by atoms with Crippen molar-refractivity contribution in [1.82, 2.24) is 14.9 Å². The lowest BCUT2D eigenvalue weighted by Crippen LogP contribution is -2.26. The second-order valence-corrected chi connectivity index (χ2v) is 4.71. The fourth-order valence-electron chi connectivity index (χ4n) is 1.97. The molecule has 3 nitrogen and oxygen atoms in total. The largest absolute Gasteiger partial charge is 0.334 e. The molecule has 1 N–H and O–H groups in total. The van der Waals surface area contributed by atoms with Gasteiger partial charge in [0.25, 0.3) is 0 Å². The Morgan fingerprint density at radius 2 is 2.12 bits per heavy atom. The number of nitrogens with one attached hydrogen (secondary N) is 1. The Morgan fingerprint density at radius 1 is 1.38 bits per heavy atom. The lowest BCUT2D eigenvalue weighted by atomic mass is 10.0. The van der Waals surface area contributed by atoms with Crippen LogP contribution < -0.4 is 5.32 Å². The molecule has 3 heteroatoms. The van der Waals surface area contributed by atoms with Gasteiger partial charge >= 0.3 is 0 Å². The maximum atomic E-state index is 4.49. The molecule has 0 radical (unpaired) electrons. The van der Waals surface area contributed by atoms with Crippen molar-refractivity contribution in [2.75, 3.05) is 6.54 Å². The standard InChI is InChI=1S/C13H25N3/c1-5-7-14-12(10-11(3)4)13-15-8-9-16(13)6-2/h8-9,11-12,14H,5-7,10H2,1-4H3. The molecule has 1 heterocycles. The van der Waals surface area contributed by atoms with Gasteiger partial charge < -0.3 is 9.88 Å². The van der Waals surface area contributed by atoms with E-state index in [-0.39, 0.29) is 0 Å². The summed E-state index contributed by atoms with van der Waals surface area (Å²) in [4.78, 5) is 4.49. The number of aromatic nitrogens is 2. The molecule has 92 valence electrons. The molecule has 1 rings (SSSR count). The van der Waals surface area contributed by atoms with E-state index < -0.39 is 0 Å². The van der Waals surface area contributed by atoms with Crippen LogP contribution in [-0.4, -0.2) is 16.1 Å². The molecule has 0 aliphatic heterocycles. The summed E-state index contributed by atoms with van der Waals surface area (Å²) in [6.45, 7) is 11.0. The number of imidazole rings is 1. The Balaban J connectivity index is 2.74. The van der Waals surface area contributed by atoms with E-state index in [1.165, 1.54) is 12.2 Å². The van der Waals surface area contributed by atoms with Gasteiger partial charge in [0.1, 0.15) is 5.82 Å². The third kappa shape index (κ3) is 3.63. The van der Waals surface area contributed by atoms with Crippen LogP contribution in [0.25, 0.3) is 0 Å². The van der Waals surface area contributed by atoms with E-state index in [0.29, 0.717) is 12.0 Å². The molecule has 0 spiro atoms. The van der Waals surface area contributed by atoms with Crippen LogP contribution >= 0.6 is 0 Å². The number of aryl methyl sites for hydroxylation is 1. The molecule has 0 saturated heterocycles. The van der Waals surface area contributed by atoms with Crippen molar-refractivity contribution in [1.29, 1.82) is 0 Å². The summed E-state index contributed by atoms with van der Waals surface area (Å²) in [6.07, 6.45) is 6.29. The zero-order valence-electron chi connectivity index (χ0n) is 11.0. The highest BCUT2D eigenvalue weighted by molar-refractivity contribution is 4.99. The summed E-state index contributed by atoms with van der Waals surface area (Å²) in [5.74, 6) is 1.88. The summed E-state index contributed by atoms with van der Waals surface area (Å²) in [5, 5.41) is 3.59. The number of hydrogen-bond acceptors (Lipinski definition) is 2. The fourth-order valence-corrected chi connectivity index (χ4v) is 1.97. The topological polar surface area (TPSA) is 29.9 Å². The van der Waals surface area contributed by atoms with Crippen LogP contribution in [0.2, 0.25) is 0 Å². The minimum absolute atomic E-state index is 0.398. The normalized spacial score (nSPS) is 13.3. The molecule has 1 aromatic heterocycles. The van der Waals surface area contributed by atoms with Gasteiger partial charge in [0.15, 0.2) is 0 Å². The lowest BCUT2D eigenvalue weighted by molar-refractivity contribution is 0.403. The quantitative estimate of drug-likeness (QED) is 0.770. The van der Waals surface area contributed by atoms with Crippen LogP contribution in [0.1, 0.15) is 52.4 Å². The first-order chi connectivity index (χ1) is 7.69. The number of hydrogen-bond donors (Lipinski definition) is 1. The first-order valence-corrected chi connectivity index (χ1v) is 6.43. The van der Waals surface area contributed by atoms with Gasteiger partial charge in [0, 0.05) is 18.9 Å². The van der Waals surface area contributed by atoms with Gasteiger partial charge in [-0.1, -0.05) is 20.8 Å². The minimum atomic E-state index is 0.398. The van der Waals surface area contributed by atoms with Crippen molar-refractivity contribution < 1.29 is 0 Å². The predicted molar refractivity (Wildman–Crippen MR) is 68.4 cm³/mol. The van der Waals surface area contributed by atoms with Crippen molar-refractivity contribution >= 4 is 0 Å². The molecule has 0 amide bonds. The average molecular weight is 223 g/mol. The second kappa shape index (κ2) is 6.69. The van der Waals surface area contributed by atoms with Crippen LogP contribution in [0, 0.1) is 5.92 Å². The monoisotopic (exact) mass is 223 g/mol. The molecule has 0 aromatic carbocycles. The van der Waals surface area contributed by atoms with Crippen LogP contribution in [0.5, 0.6) is 0 Å². The highest BCUT2D eigenvalue weighted by atomic mass is 15.1. The van der Waals surface area contributed by atoms with Crippen molar-refractivity contribution in [3.63, 3.8) is 0 Å². The minimum Gasteiger partial charge on any atom is -0.334 e. The number of nitrogens with zero attached hydrogens (tertiary/aromatic N) is 2. The molecule has 1 atom stereocenters. The zero-order valence-corrected chi connectivity index (χ0v) is 11.0. The van der Waals surface area contributed by atoms with E-state index in [4.69, 9.17) is 0 Å². The molecule has 0 aliphatic rings. The Hall–Kier alpha value is -0.830. The molecular weight excluding hydrogens is 198 g/mol. The zero-order chi connectivity index (χ0) is 12.0. The van der Waals surface area contributed by atoms with E-state index in [2.05, 4.69) is 48.8 Å².